The van der Waals surface area contributed by atoms with Gasteiger partial charge in [0, 0.05) is 6.07 Å². The minimum Gasteiger partial charge on any atom is -0.494 e. The standard InChI is InChI=1S/C26H40BrN3O4/c1-26(2,3)34-25(32)30-22(24(31)29-19-15-20(33-4)23(27)28-16-19)21(17-11-7-5-8-12-17)18-13-9-6-10-14-18/h15-18,21-22H,5-14H2,1-4H3,(H,29,31)(H,30,32)/t22-/m0/s1. The molecule has 7 nitrogen and oxygen atoms in total. The van der Waals surface area contributed by atoms with Gasteiger partial charge < -0.3 is 20.1 Å². The highest BCUT2D eigenvalue weighted by Crippen LogP contribution is 2.42. The first-order valence-corrected chi connectivity index (χ1v) is 13.5. The zero-order chi connectivity index (χ0) is 24.7. The van der Waals surface area contributed by atoms with E-state index in [0.29, 0.717) is 27.9 Å². The number of pyridine rings is 1. The van der Waals surface area contributed by atoms with Gasteiger partial charge in [0.2, 0.25) is 5.91 Å². The predicted octanol–water partition coefficient (Wildman–Crippen LogP) is 6.46. The molecule has 0 saturated heterocycles. The highest BCUT2D eigenvalue weighted by molar-refractivity contribution is 9.10. The molecular weight excluding hydrogens is 498 g/mol. The molecule has 3 rings (SSSR count). The Bertz CT molecular complexity index is 812. The summed E-state index contributed by atoms with van der Waals surface area (Å²) in [5.41, 5.74) is -0.105. The number of amides is 2. The molecule has 190 valence electrons. The molecule has 2 N–H and O–H groups in total. The maximum absolute atomic E-state index is 13.8. The number of hydrogen-bond donors (Lipinski definition) is 2. The molecule has 1 aromatic rings. The third-order valence-electron chi connectivity index (χ3n) is 7.02. The van der Waals surface area contributed by atoms with Crippen molar-refractivity contribution in [1.82, 2.24) is 10.3 Å². The number of nitrogens with zero attached hydrogens (tertiary/aromatic N) is 1. The van der Waals surface area contributed by atoms with Crippen molar-refractivity contribution in [2.24, 2.45) is 17.8 Å². The number of methoxy groups -OCH3 is 1. The summed E-state index contributed by atoms with van der Waals surface area (Å²) in [6.45, 7) is 5.50. The third-order valence-corrected chi connectivity index (χ3v) is 7.62. The second kappa shape index (κ2) is 12.2. The van der Waals surface area contributed by atoms with E-state index in [4.69, 9.17) is 9.47 Å². The first kappa shape index (κ1) is 26.8. The van der Waals surface area contributed by atoms with Gasteiger partial charge in [0.1, 0.15) is 16.2 Å². The fourth-order valence-corrected chi connectivity index (χ4v) is 5.98. The maximum Gasteiger partial charge on any atom is 0.408 e. The van der Waals surface area contributed by atoms with Crippen molar-refractivity contribution in [1.29, 1.82) is 0 Å². The Morgan fingerprint density at radius 2 is 1.59 bits per heavy atom. The zero-order valence-electron chi connectivity index (χ0n) is 21.0. The summed E-state index contributed by atoms with van der Waals surface area (Å²) in [5, 5.41) is 5.99. The smallest absolute Gasteiger partial charge is 0.408 e. The fraction of sp³-hybridized carbons (Fsp3) is 0.731. The Labute approximate surface area is 212 Å². The Morgan fingerprint density at radius 3 is 2.09 bits per heavy atom. The molecule has 0 radical (unpaired) electrons. The molecule has 1 heterocycles. The largest absolute Gasteiger partial charge is 0.494 e. The van der Waals surface area contributed by atoms with E-state index in [-0.39, 0.29) is 11.8 Å². The van der Waals surface area contributed by atoms with Crippen LogP contribution in [0.4, 0.5) is 10.5 Å². The number of carbonyl (C=O) groups excluding carboxylic acids is 2. The molecule has 2 amide bonds. The van der Waals surface area contributed by atoms with E-state index in [9.17, 15) is 9.59 Å². The molecule has 8 heteroatoms. The van der Waals surface area contributed by atoms with Gasteiger partial charge in [-0.05, 0) is 54.5 Å². The van der Waals surface area contributed by atoms with Crippen LogP contribution < -0.4 is 15.4 Å². The molecule has 2 aliphatic rings. The van der Waals surface area contributed by atoms with Gasteiger partial charge in [0.05, 0.1) is 19.0 Å². The van der Waals surface area contributed by atoms with Crippen molar-refractivity contribution < 1.29 is 19.1 Å². The lowest BCUT2D eigenvalue weighted by molar-refractivity contribution is -0.121. The van der Waals surface area contributed by atoms with Crippen LogP contribution in [0.25, 0.3) is 0 Å². The molecule has 34 heavy (non-hydrogen) atoms. The summed E-state index contributed by atoms with van der Waals surface area (Å²) >= 11 is 3.35. The van der Waals surface area contributed by atoms with Gasteiger partial charge in [-0.1, -0.05) is 64.2 Å². The minimum absolute atomic E-state index is 0.0819. The van der Waals surface area contributed by atoms with E-state index in [1.165, 1.54) is 38.5 Å². The van der Waals surface area contributed by atoms with Gasteiger partial charge in [-0.3, -0.25) is 4.79 Å². The number of anilines is 1. The molecule has 0 spiro atoms. The lowest BCUT2D eigenvalue weighted by Gasteiger charge is -2.42. The van der Waals surface area contributed by atoms with Crippen LogP contribution in [0.2, 0.25) is 0 Å². The van der Waals surface area contributed by atoms with Gasteiger partial charge >= 0.3 is 6.09 Å². The van der Waals surface area contributed by atoms with E-state index in [1.54, 1.807) is 19.4 Å². The van der Waals surface area contributed by atoms with Crippen molar-refractivity contribution >= 4 is 33.6 Å². The van der Waals surface area contributed by atoms with Crippen molar-refractivity contribution in [3.05, 3.63) is 16.9 Å². The quantitative estimate of drug-likeness (QED) is 0.389. The summed E-state index contributed by atoms with van der Waals surface area (Å²) in [4.78, 5) is 30.9. The van der Waals surface area contributed by atoms with Gasteiger partial charge in [0.25, 0.3) is 0 Å². The molecule has 0 aliphatic heterocycles. The van der Waals surface area contributed by atoms with E-state index in [1.807, 2.05) is 20.8 Å². The number of hydrogen-bond acceptors (Lipinski definition) is 5. The normalized spacial score (nSPS) is 18.9. The van der Waals surface area contributed by atoms with E-state index in [2.05, 4.69) is 31.5 Å². The number of alkyl carbamates (subject to hydrolysis) is 1. The monoisotopic (exact) mass is 537 g/mol. The first-order chi connectivity index (χ1) is 16.2. The Balaban J connectivity index is 1.90. The van der Waals surface area contributed by atoms with Crippen LogP contribution in [0.5, 0.6) is 5.75 Å². The van der Waals surface area contributed by atoms with Crippen LogP contribution in [-0.2, 0) is 9.53 Å². The fourth-order valence-electron chi connectivity index (χ4n) is 5.60. The molecule has 0 aromatic carbocycles. The third kappa shape index (κ3) is 7.59. The van der Waals surface area contributed by atoms with Crippen molar-refractivity contribution in [3.8, 4) is 5.75 Å². The number of halogens is 1. The summed E-state index contributed by atoms with van der Waals surface area (Å²) in [6.07, 6.45) is 12.7. The molecule has 2 saturated carbocycles. The summed E-state index contributed by atoms with van der Waals surface area (Å²) in [7, 11) is 1.56. The van der Waals surface area contributed by atoms with Gasteiger partial charge in [-0.25, -0.2) is 9.78 Å². The van der Waals surface area contributed by atoms with E-state index >= 15 is 0 Å². The van der Waals surface area contributed by atoms with E-state index < -0.39 is 17.7 Å². The maximum atomic E-state index is 13.8. The van der Waals surface area contributed by atoms with Crippen LogP contribution in [0.3, 0.4) is 0 Å². The second-order valence-corrected chi connectivity index (χ2v) is 11.5. The Hall–Kier alpha value is -1.83. The van der Waals surface area contributed by atoms with Gasteiger partial charge in [0.15, 0.2) is 5.75 Å². The molecular formula is C26H40BrN3O4. The lowest BCUT2D eigenvalue weighted by atomic mass is 9.66. The Kier molecular flexibility index (Phi) is 9.63. The van der Waals surface area contributed by atoms with Crippen molar-refractivity contribution in [2.45, 2.75) is 96.6 Å². The molecule has 0 unspecified atom stereocenters. The first-order valence-electron chi connectivity index (χ1n) is 12.7. The van der Waals surface area contributed by atoms with Crippen molar-refractivity contribution in [3.63, 3.8) is 0 Å². The van der Waals surface area contributed by atoms with Gasteiger partial charge in [-0.2, -0.15) is 0 Å². The molecule has 2 aliphatic carbocycles. The highest BCUT2D eigenvalue weighted by Gasteiger charge is 2.41. The molecule has 2 fully saturated rings. The van der Waals surface area contributed by atoms with E-state index in [0.717, 1.165) is 25.7 Å². The number of carbonyl (C=O) groups is 2. The average molecular weight is 539 g/mol. The lowest BCUT2D eigenvalue weighted by Crippen LogP contribution is -2.54. The topological polar surface area (TPSA) is 89.6 Å². The van der Waals surface area contributed by atoms with Crippen LogP contribution in [-0.4, -0.2) is 35.7 Å². The molecule has 0 bridgehead atoms. The number of nitrogens with one attached hydrogen (secondary N) is 2. The SMILES string of the molecule is COc1cc(NC(=O)[C@@H](NC(=O)OC(C)(C)C)C(C2CCCCC2)C2CCCCC2)cnc1Br. The highest BCUT2D eigenvalue weighted by atomic mass is 79.9. The van der Waals surface area contributed by atoms with Crippen LogP contribution in [0.1, 0.15) is 85.0 Å². The average Bonchev–Trinajstić information content (AvgIpc) is 2.80. The second-order valence-electron chi connectivity index (χ2n) is 10.7. The number of aromatic nitrogens is 1. The van der Waals surface area contributed by atoms with Crippen LogP contribution >= 0.6 is 15.9 Å². The van der Waals surface area contributed by atoms with Gasteiger partial charge in [-0.15, -0.1) is 0 Å². The number of rotatable bonds is 7. The summed E-state index contributed by atoms with van der Waals surface area (Å²) in [5.74, 6) is 1.22. The Morgan fingerprint density at radius 1 is 1.03 bits per heavy atom. The summed E-state index contributed by atoms with van der Waals surface area (Å²) < 4.78 is 11.5. The summed E-state index contributed by atoms with van der Waals surface area (Å²) in [6, 6.07) is 1.06. The minimum atomic E-state index is -0.671. The van der Waals surface area contributed by atoms with Crippen LogP contribution in [0, 0.1) is 17.8 Å². The predicted molar refractivity (Wildman–Crippen MR) is 137 cm³/mol. The van der Waals surface area contributed by atoms with Crippen molar-refractivity contribution in [2.75, 3.05) is 12.4 Å². The zero-order valence-corrected chi connectivity index (χ0v) is 22.6. The number of ether oxygens (including phenoxy) is 2. The molecule has 1 aromatic heterocycles. The molecule has 1 atom stereocenters. The van der Waals surface area contributed by atoms with Crippen LogP contribution in [0.15, 0.2) is 16.9 Å².